The highest BCUT2D eigenvalue weighted by atomic mass is 16.5. The first kappa shape index (κ1) is 18.3. The van der Waals surface area contributed by atoms with Crippen LogP contribution in [0.15, 0.2) is 48.5 Å². The highest BCUT2D eigenvalue weighted by Crippen LogP contribution is 2.39. The lowest BCUT2D eigenvalue weighted by molar-refractivity contribution is -0.122. The molecule has 0 aromatic heterocycles. The molecule has 1 N–H and O–H groups in total. The number of carbonyl (C=O) groups is 1. The van der Waals surface area contributed by atoms with Crippen molar-refractivity contribution in [2.45, 2.75) is 51.7 Å². The van der Waals surface area contributed by atoms with Gasteiger partial charge in [-0.25, -0.2) is 0 Å². The molecule has 4 nitrogen and oxygen atoms in total. The lowest BCUT2D eigenvalue weighted by atomic mass is 9.89. The molecule has 0 aliphatic carbocycles. The maximum absolute atomic E-state index is 12.4. The first-order valence-electron chi connectivity index (χ1n) is 9.20. The normalized spacial score (nSPS) is 17.7. The Morgan fingerprint density at radius 2 is 1.92 bits per heavy atom. The van der Waals surface area contributed by atoms with Crippen LogP contribution in [0.4, 0.5) is 0 Å². The van der Waals surface area contributed by atoms with E-state index in [-0.39, 0.29) is 17.6 Å². The second-order valence-corrected chi connectivity index (χ2v) is 7.49. The topological polar surface area (TPSA) is 47.6 Å². The van der Waals surface area contributed by atoms with Gasteiger partial charge < -0.3 is 14.8 Å². The average molecular weight is 353 g/mol. The van der Waals surface area contributed by atoms with Crippen LogP contribution >= 0.6 is 0 Å². The first-order chi connectivity index (χ1) is 12.4. The van der Waals surface area contributed by atoms with E-state index >= 15 is 0 Å². The predicted octanol–water partition coefficient (Wildman–Crippen LogP) is 4.57. The van der Waals surface area contributed by atoms with Crippen molar-refractivity contribution in [3.05, 3.63) is 59.7 Å². The van der Waals surface area contributed by atoms with Crippen molar-refractivity contribution in [3.63, 3.8) is 0 Å². The number of aryl methyl sites for hydroxylation is 1. The van der Waals surface area contributed by atoms with E-state index in [1.165, 1.54) is 5.56 Å². The third-order valence-electron chi connectivity index (χ3n) is 4.55. The van der Waals surface area contributed by atoms with Gasteiger partial charge in [0.1, 0.15) is 17.1 Å². The van der Waals surface area contributed by atoms with Crippen LogP contribution in [0, 0.1) is 6.92 Å². The van der Waals surface area contributed by atoms with E-state index < -0.39 is 0 Å². The van der Waals surface area contributed by atoms with Gasteiger partial charge in [0.05, 0.1) is 12.6 Å². The molecular formula is C22H27NO3. The van der Waals surface area contributed by atoms with Crippen molar-refractivity contribution in [2.75, 3.05) is 6.61 Å². The van der Waals surface area contributed by atoms with Gasteiger partial charge >= 0.3 is 0 Å². The molecule has 0 unspecified atom stereocenters. The predicted molar refractivity (Wildman–Crippen MR) is 103 cm³/mol. The summed E-state index contributed by atoms with van der Waals surface area (Å²) in [6, 6.07) is 15.9. The van der Waals surface area contributed by atoms with Crippen molar-refractivity contribution in [3.8, 4) is 11.5 Å². The minimum Gasteiger partial charge on any atom is -0.494 e. The van der Waals surface area contributed by atoms with Crippen LogP contribution in [-0.2, 0) is 4.79 Å². The van der Waals surface area contributed by atoms with Gasteiger partial charge in [0.15, 0.2) is 0 Å². The number of benzene rings is 2. The Morgan fingerprint density at radius 1 is 1.19 bits per heavy atom. The summed E-state index contributed by atoms with van der Waals surface area (Å²) in [4.78, 5) is 12.4. The van der Waals surface area contributed by atoms with Gasteiger partial charge in [0, 0.05) is 18.4 Å². The van der Waals surface area contributed by atoms with Gasteiger partial charge in [0.2, 0.25) is 5.91 Å². The molecule has 1 atom stereocenters. The molecule has 0 fully saturated rings. The van der Waals surface area contributed by atoms with E-state index in [1.807, 2.05) is 55.5 Å². The van der Waals surface area contributed by atoms with Crippen LogP contribution in [0.25, 0.3) is 0 Å². The summed E-state index contributed by atoms with van der Waals surface area (Å²) in [5, 5.41) is 3.16. The molecule has 0 saturated heterocycles. The van der Waals surface area contributed by atoms with Gasteiger partial charge in [-0.1, -0.05) is 35.9 Å². The van der Waals surface area contributed by atoms with Crippen molar-refractivity contribution >= 4 is 5.91 Å². The van der Waals surface area contributed by atoms with E-state index in [0.29, 0.717) is 19.4 Å². The van der Waals surface area contributed by atoms with Crippen molar-refractivity contribution in [2.24, 2.45) is 0 Å². The molecule has 0 spiro atoms. The van der Waals surface area contributed by atoms with Crippen LogP contribution in [0.2, 0.25) is 0 Å². The molecule has 0 bridgehead atoms. The Labute approximate surface area is 155 Å². The highest BCUT2D eigenvalue weighted by Gasteiger charge is 2.34. The summed E-state index contributed by atoms with van der Waals surface area (Å²) in [5.41, 5.74) is 1.97. The molecule has 26 heavy (non-hydrogen) atoms. The smallest absolute Gasteiger partial charge is 0.220 e. The van der Waals surface area contributed by atoms with Crippen molar-refractivity contribution in [1.82, 2.24) is 5.32 Å². The van der Waals surface area contributed by atoms with Crippen LogP contribution in [-0.4, -0.2) is 18.1 Å². The van der Waals surface area contributed by atoms with Crippen molar-refractivity contribution < 1.29 is 14.3 Å². The number of fused-ring (bicyclic) bond motifs is 1. The number of hydrogen-bond acceptors (Lipinski definition) is 3. The van der Waals surface area contributed by atoms with Crippen LogP contribution in [0.3, 0.4) is 0 Å². The fourth-order valence-corrected chi connectivity index (χ4v) is 3.25. The number of rotatable bonds is 6. The standard InChI is InChI=1S/C22H27NO3/c1-16-10-12-17(13-11-16)25-14-6-9-21(24)23-19-15-22(2,3)26-20-8-5-4-7-18(19)20/h4-5,7-8,10-13,19H,6,9,14-15H2,1-3H3,(H,23,24)/t19-/m0/s1. The Hall–Kier alpha value is -2.49. The number of para-hydroxylation sites is 1. The molecule has 1 amide bonds. The molecule has 138 valence electrons. The maximum Gasteiger partial charge on any atom is 0.220 e. The largest absolute Gasteiger partial charge is 0.494 e. The molecule has 1 aliphatic heterocycles. The molecule has 1 aliphatic rings. The number of ether oxygens (including phenoxy) is 2. The van der Waals surface area contributed by atoms with Crippen LogP contribution in [0.5, 0.6) is 11.5 Å². The van der Waals surface area contributed by atoms with Crippen LogP contribution in [0.1, 0.15) is 50.3 Å². The van der Waals surface area contributed by atoms with E-state index in [9.17, 15) is 4.79 Å². The highest BCUT2D eigenvalue weighted by molar-refractivity contribution is 5.76. The van der Waals surface area contributed by atoms with Crippen molar-refractivity contribution in [1.29, 1.82) is 0 Å². The van der Waals surface area contributed by atoms with E-state index in [1.54, 1.807) is 0 Å². The Bertz CT molecular complexity index is 752. The Morgan fingerprint density at radius 3 is 2.69 bits per heavy atom. The number of nitrogens with one attached hydrogen (secondary N) is 1. The molecule has 0 saturated carbocycles. The summed E-state index contributed by atoms with van der Waals surface area (Å²) in [5.74, 6) is 1.75. The minimum absolute atomic E-state index is 0.0135. The summed E-state index contributed by atoms with van der Waals surface area (Å²) in [6.45, 7) is 6.69. The van der Waals surface area contributed by atoms with Gasteiger partial charge in [0.25, 0.3) is 0 Å². The SMILES string of the molecule is Cc1ccc(OCCCC(=O)N[C@H]2CC(C)(C)Oc3ccccc32)cc1. The monoisotopic (exact) mass is 353 g/mol. The first-order valence-corrected chi connectivity index (χ1v) is 9.20. The van der Waals surface area contributed by atoms with Gasteiger partial charge in [-0.3, -0.25) is 4.79 Å². The fourth-order valence-electron chi connectivity index (χ4n) is 3.25. The summed E-state index contributed by atoms with van der Waals surface area (Å²) < 4.78 is 11.7. The molecule has 2 aromatic rings. The molecule has 4 heteroatoms. The van der Waals surface area contributed by atoms with E-state index in [0.717, 1.165) is 23.5 Å². The fraction of sp³-hybridized carbons (Fsp3) is 0.409. The van der Waals surface area contributed by atoms with Crippen LogP contribution < -0.4 is 14.8 Å². The van der Waals surface area contributed by atoms with Gasteiger partial charge in [-0.05, 0) is 45.4 Å². The lowest BCUT2D eigenvalue weighted by Crippen LogP contribution is -2.41. The molecule has 0 radical (unpaired) electrons. The van der Waals surface area contributed by atoms with Gasteiger partial charge in [-0.15, -0.1) is 0 Å². The quantitative estimate of drug-likeness (QED) is 0.774. The third kappa shape index (κ3) is 4.78. The summed E-state index contributed by atoms with van der Waals surface area (Å²) in [6.07, 6.45) is 1.90. The zero-order valence-corrected chi connectivity index (χ0v) is 15.7. The van der Waals surface area contributed by atoms with Gasteiger partial charge in [-0.2, -0.15) is 0 Å². The summed E-state index contributed by atoms with van der Waals surface area (Å²) in [7, 11) is 0. The molecular weight excluding hydrogens is 326 g/mol. The molecule has 2 aromatic carbocycles. The maximum atomic E-state index is 12.4. The summed E-state index contributed by atoms with van der Waals surface area (Å²) >= 11 is 0. The third-order valence-corrected chi connectivity index (χ3v) is 4.55. The Kier molecular flexibility index (Phi) is 5.50. The number of hydrogen-bond donors (Lipinski definition) is 1. The Balaban J connectivity index is 1.49. The molecule has 1 heterocycles. The lowest BCUT2D eigenvalue weighted by Gasteiger charge is -2.37. The average Bonchev–Trinajstić information content (AvgIpc) is 2.59. The second kappa shape index (κ2) is 7.81. The zero-order valence-electron chi connectivity index (χ0n) is 15.7. The van der Waals surface area contributed by atoms with E-state index in [2.05, 4.69) is 19.2 Å². The second-order valence-electron chi connectivity index (χ2n) is 7.49. The molecule has 3 rings (SSSR count). The van der Waals surface area contributed by atoms with E-state index in [4.69, 9.17) is 9.47 Å². The minimum atomic E-state index is -0.291. The number of carbonyl (C=O) groups excluding carboxylic acids is 1. The number of amides is 1. The zero-order chi connectivity index (χ0) is 18.6.